The van der Waals surface area contributed by atoms with Gasteiger partial charge >= 0.3 is 78.5 Å². The molecule has 0 amide bonds. The molecule has 308 valence electrons. The first kappa shape index (κ1) is 49.4. The summed E-state index contributed by atoms with van der Waals surface area (Å²) in [4.78, 5) is 0. The quantitative estimate of drug-likeness (QED) is 0.114. The zero-order chi connectivity index (χ0) is 41.1. The lowest BCUT2D eigenvalue weighted by atomic mass is 10.3. The summed E-state index contributed by atoms with van der Waals surface area (Å²) in [5.74, 6) is 0. The third-order valence-electron chi connectivity index (χ3n) is 9.32. The minimum atomic E-state index is -2.55. The Morgan fingerprint density at radius 3 is 1.15 bits per heavy atom. The van der Waals surface area contributed by atoms with Gasteiger partial charge in [0.25, 0.3) is 0 Å². The summed E-state index contributed by atoms with van der Waals surface area (Å²) in [6.45, 7) is 23.7. The highest BCUT2D eigenvalue weighted by molar-refractivity contribution is 7.06. The first-order valence-corrected chi connectivity index (χ1v) is 36.1. The van der Waals surface area contributed by atoms with E-state index in [0.717, 1.165) is 5.69 Å². The summed E-state index contributed by atoms with van der Waals surface area (Å²) < 4.78 is 80.9. The molecule has 0 aliphatic carbocycles. The van der Waals surface area contributed by atoms with Crippen molar-refractivity contribution in [2.45, 2.75) is 26.2 Å². The van der Waals surface area contributed by atoms with E-state index in [0.29, 0.717) is 0 Å². The van der Waals surface area contributed by atoms with Crippen molar-refractivity contribution in [3.05, 3.63) is 79.4 Å². The fraction of sp³-hybridized carbons (Fsp3) is 0.481. The second-order valence-electron chi connectivity index (χ2n) is 12.8. The maximum atomic E-state index is 5.90. The van der Waals surface area contributed by atoms with Crippen LogP contribution in [0, 0.1) is 0 Å². The Bertz CT molecular complexity index is 1330. The Labute approximate surface area is 333 Å². The highest BCUT2D eigenvalue weighted by Crippen LogP contribution is 2.26. The number of benzene rings is 1. The van der Waals surface area contributed by atoms with Crippen LogP contribution in [0.3, 0.4) is 0 Å². The molecular weight excluding hydrogens is 847 g/mol. The fourth-order valence-corrected chi connectivity index (χ4v) is 49.8. The first-order chi connectivity index (χ1) is 25.3. The Morgan fingerprint density at radius 2 is 0.852 bits per heavy atom. The second-order valence-corrected chi connectivity index (χ2v) is 42.6. The minimum absolute atomic E-state index is 1.12. The fourth-order valence-electron chi connectivity index (χ4n) is 5.99. The van der Waals surface area contributed by atoms with Crippen LogP contribution in [0.25, 0.3) is 0 Å². The van der Waals surface area contributed by atoms with Gasteiger partial charge in [-0.15, -0.1) is 26.3 Å². The van der Waals surface area contributed by atoms with Gasteiger partial charge in [-0.25, -0.2) is 0 Å². The number of para-hydroxylation sites is 1. The number of hydrogen-bond donors (Lipinski definition) is 8. The molecule has 0 radical (unpaired) electrons. The van der Waals surface area contributed by atoms with Crippen LogP contribution in [-0.2, 0) is 39.8 Å². The van der Waals surface area contributed by atoms with Gasteiger partial charge < -0.3 is 44.1 Å². The summed E-state index contributed by atoms with van der Waals surface area (Å²) in [5.41, 5.74) is 8.24. The molecule has 5 atom stereocenters. The average molecular weight is 913 g/mol. The van der Waals surface area contributed by atoms with E-state index in [1.807, 2.05) is 37.0 Å². The van der Waals surface area contributed by atoms with Gasteiger partial charge in [-0.05, 0) is 61.1 Å². The summed E-state index contributed by atoms with van der Waals surface area (Å²) in [6, 6.07) is 10.2. The van der Waals surface area contributed by atoms with Gasteiger partial charge in [-0.2, -0.15) is 0 Å². The largest absolute Gasteiger partial charge is 0.396 e. The minimum Gasteiger partial charge on any atom is -0.396 e. The van der Waals surface area contributed by atoms with Crippen LogP contribution in [-0.4, -0.2) is 142 Å². The molecule has 5 unspecified atom stereocenters. The van der Waals surface area contributed by atoms with Crippen molar-refractivity contribution >= 4 is 84.2 Å². The van der Waals surface area contributed by atoms with Crippen molar-refractivity contribution in [2.24, 2.45) is 0 Å². The molecule has 1 aromatic rings. The molecular formula is C27H65N9O9Si9. The third kappa shape index (κ3) is 11.5. The first-order valence-electron chi connectivity index (χ1n) is 17.0. The predicted octanol–water partition coefficient (Wildman–Crippen LogP) is -0.311. The van der Waals surface area contributed by atoms with Crippen molar-refractivity contribution < 1.29 is 39.8 Å². The molecule has 3 fully saturated rings. The van der Waals surface area contributed by atoms with E-state index in [4.69, 9.17) is 39.8 Å². The molecule has 3 heterocycles. The summed E-state index contributed by atoms with van der Waals surface area (Å²) in [7, 11) is -5.59. The molecule has 0 bridgehead atoms. The summed E-state index contributed by atoms with van der Waals surface area (Å²) in [6.07, 6.45) is 0. The third-order valence-corrected chi connectivity index (χ3v) is 48.5. The van der Waals surface area contributed by atoms with Crippen LogP contribution >= 0.6 is 0 Å². The van der Waals surface area contributed by atoms with Gasteiger partial charge in [0.15, 0.2) is 0 Å². The molecule has 3 aliphatic rings. The Morgan fingerprint density at radius 1 is 0.481 bits per heavy atom. The van der Waals surface area contributed by atoms with E-state index in [1.54, 1.807) is 81.1 Å². The lowest BCUT2D eigenvalue weighted by molar-refractivity contribution is 0.326. The monoisotopic (exact) mass is 911 g/mol. The second kappa shape index (κ2) is 20.3. The highest BCUT2D eigenvalue weighted by atomic mass is 28.5. The van der Waals surface area contributed by atoms with Crippen molar-refractivity contribution in [1.82, 2.24) is 37.2 Å². The van der Waals surface area contributed by atoms with Crippen LogP contribution < -0.4 is 41.4 Å². The predicted molar refractivity (Wildman–Crippen MR) is 235 cm³/mol. The molecule has 54 heavy (non-hydrogen) atoms. The molecule has 4 rings (SSSR count). The topological polar surface area (TPSA) is 183 Å². The maximum Gasteiger partial charge on any atom is 0.372 e. The van der Waals surface area contributed by atoms with Gasteiger partial charge in [0.1, 0.15) is 0 Å². The van der Waals surface area contributed by atoms with Gasteiger partial charge in [0.2, 0.25) is 0 Å². The van der Waals surface area contributed by atoms with E-state index in [9.17, 15) is 0 Å². The van der Waals surface area contributed by atoms with E-state index in [1.165, 1.54) is 0 Å². The van der Waals surface area contributed by atoms with Crippen molar-refractivity contribution in [1.29, 1.82) is 0 Å². The van der Waals surface area contributed by atoms with Gasteiger partial charge in [0, 0.05) is 69.7 Å². The van der Waals surface area contributed by atoms with E-state index in [-0.39, 0.29) is 0 Å². The average Bonchev–Trinajstić information content (AvgIpc) is 3.20. The number of anilines is 1. The molecule has 27 heteroatoms. The van der Waals surface area contributed by atoms with Gasteiger partial charge in [-0.1, -0.05) is 18.2 Å². The van der Waals surface area contributed by atoms with Crippen molar-refractivity contribution in [3.63, 3.8) is 0 Å². The van der Waals surface area contributed by atoms with Crippen molar-refractivity contribution in [3.8, 4) is 0 Å². The smallest absolute Gasteiger partial charge is 0.372 e. The molecule has 1 aromatic carbocycles. The maximum absolute atomic E-state index is 5.90. The van der Waals surface area contributed by atoms with E-state index in [2.05, 4.69) is 93.0 Å². The standard InChI is InChI=1S/C11H23N3O3Si3.C9H21N3O3Si3.C7H21N3O3Si3/c1-15-18-12-19(4,16-2)13-20(5,17-3)14(18)11-9-7-6-8-10-11;1-7-16(13-4)10-17(8-2,14-5)12-18(9-3,11-16)15-6;1-7-16(13-4)9-14(5,11-2)8-15(6,10-16)12-3/h6-10,12-13,18H,1-5H3;7-12H,1-3H2,4-6H3;7-10H,1H2,2-6H3. The normalized spacial score (nSPS) is 39.2. The molecule has 0 spiro atoms. The van der Waals surface area contributed by atoms with Gasteiger partial charge in [-0.3, -0.25) is 37.2 Å². The Balaban J connectivity index is 0.000000282. The number of hydrogen-bond acceptors (Lipinski definition) is 18. The van der Waals surface area contributed by atoms with Gasteiger partial charge in [0.05, 0.1) is 0 Å². The zero-order valence-corrected chi connectivity index (χ0v) is 43.4. The van der Waals surface area contributed by atoms with E-state index < -0.39 is 78.5 Å². The zero-order valence-electron chi connectivity index (χ0n) is 34.2. The van der Waals surface area contributed by atoms with Crippen molar-refractivity contribution in [2.75, 3.05) is 68.2 Å². The number of nitrogens with one attached hydrogen (secondary N) is 8. The van der Waals surface area contributed by atoms with Crippen LogP contribution in [0.4, 0.5) is 5.69 Å². The molecule has 0 saturated carbocycles. The molecule has 18 nitrogen and oxygen atoms in total. The SMILES string of the molecule is C=C[Si]1(OC)N[Si](C)(OC)N[Si](C)(OC)N1.C=C[Si]1(OC)N[Si](C=C)(OC)N[Si](C=C)(OC)N1.CO[SiH]1N[Si](C)(OC)N[Si](C)(OC)N1c1ccccc1. The van der Waals surface area contributed by atoms with Crippen LogP contribution in [0.2, 0.25) is 26.2 Å². The molecule has 0 aromatic heterocycles. The molecule has 3 aliphatic heterocycles. The number of rotatable bonds is 14. The molecule has 8 N–H and O–H groups in total. The summed E-state index contributed by atoms with van der Waals surface area (Å²) in [5, 5.41) is 0. The molecule has 3 saturated heterocycles. The van der Waals surface area contributed by atoms with Crippen LogP contribution in [0.1, 0.15) is 0 Å². The summed E-state index contributed by atoms with van der Waals surface area (Å²) >= 11 is 0. The lowest BCUT2D eigenvalue weighted by Gasteiger charge is -2.52. The Kier molecular flexibility index (Phi) is 18.6. The van der Waals surface area contributed by atoms with Crippen LogP contribution in [0.5, 0.6) is 0 Å². The number of nitrogens with zero attached hydrogens (tertiary/aromatic N) is 1. The highest BCUT2D eigenvalue weighted by Gasteiger charge is 2.59. The van der Waals surface area contributed by atoms with E-state index >= 15 is 0 Å². The van der Waals surface area contributed by atoms with Crippen LogP contribution in [0.15, 0.2) is 79.4 Å². The lowest BCUT2D eigenvalue weighted by Crippen LogP contribution is -2.93. The Hall–Kier alpha value is -0.748.